The molecule has 1 heterocycles. The Labute approximate surface area is 142 Å². The van der Waals surface area contributed by atoms with Crippen molar-refractivity contribution in [1.82, 2.24) is 4.98 Å². The minimum absolute atomic E-state index is 0.146. The van der Waals surface area contributed by atoms with Crippen LogP contribution in [0.3, 0.4) is 0 Å². The van der Waals surface area contributed by atoms with E-state index < -0.39 is 30.0 Å². The van der Waals surface area contributed by atoms with E-state index in [1.807, 2.05) is 0 Å². The van der Waals surface area contributed by atoms with Gasteiger partial charge in [-0.1, -0.05) is 18.2 Å². The third-order valence-electron chi connectivity index (χ3n) is 3.72. The average Bonchev–Trinajstić information content (AvgIpc) is 2.95. The standard InChI is InChI=1S/C17H18F3NO4/c1-3-24-15(22)13(16(23)25-4-2)14(17(18,19)20)11-9-21-12-8-6-5-7-10(11)12/h5-9,13-14,21H,3-4H2,1-2H3/t14-/m1/s1. The Morgan fingerprint density at radius 1 is 1.08 bits per heavy atom. The molecule has 0 unspecified atom stereocenters. The maximum atomic E-state index is 13.8. The Kier molecular flexibility index (Phi) is 5.71. The van der Waals surface area contributed by atoms with Crippen molar-refractivity contribution in [1.29, 1.82) is 0 Å². The number of hydrogen-bond donors (Lipinski definition) is 1. The van der Waals surface area contributed by atoms with Crippen LogP contribution in [0, 0.1) is 5.92 Å². The monoisotopic (exact) mass is 357 g/mol. The molecule has 8 heteroatoms. The minimum Gasteiger partial charge on any atom is -0.465 e. The Balaban J connectivity index is 2.60. The third-order valence-corrected chi connectivity index (χ3v) is 3.72. The first kappa shape index (κ1) is 18.8. The van der Waals surface area contributed by atoms with E-state index >= 15 is 0 Å². The van der Waals surface area contributed by atoms with Crippen LogP contribution in [0.4, 0.5) is 13.2 Å². The zero-order valence-corrected chi connectivity index (χ0v) is 13.7. The minimum atomic E-state index is -4.85. The number of ether oxygens (including phenoxy) is 2. The molecule has 2 rings (SSSR count). The van der Waals surface area contributed by atoms with E-state index in [1.165, 1.54) is 19.9 Å². The Morgan fingerprint density at radius 3 is 2.16 bits per heavy atom. The van der Waals surface area contributed by atoms with Gasteiger partial charge in [-0.2, -0.15) is 13.2 Å². The van der Waals surface area contributed by atoms with Gasteiger partial charge in [0.1, 0.15) is 5.92 Å². The largest absolute Gasteiger partial charge is 0.465 e. The summed E-state index contributed by atoms with van der Waals surface area (Å²) < 4.78 is 50.9. The normalized spacial score (nSPS) is 13.0. The lowest BCUT2D eigenvalue weighted by molar-refractivity contribution is -0.188. The molecule has 0 spiro atoms. The number of nitrogens with one attached hydrogen (secondary N) is 1. The number of para-hydroxylation sites is 1. The molecule has 5 nitrogen and oxygen atoms in total. The van der Waals surface area contributed by atoms with Crippen LogP contribution in [-0.4, -0.2) is 36.3 Å². The predicted molar refractivity (Wildman–Crippen MR) is 83.9 cm³/mol. The highest BCUT2D eigenvalue weighted by atomic mass is 19.4. The summed E-state index contributed by atoms with van der Waals surface area (Å²) >= 11 is 0. The predicted octanol–water partition coefficient (Wildman–Crippen LogP) is 3.56. The number of halogens is 3. The summed E-state index contributed by atoms with van der Waals surface area (Å²) in [7, 11) is 0. The van der Waals surface area contributed by atoms with Crippen LogP contribution in [0.5, 0.6) is 0 Å². The molecule has 0 saturated carbocycles. The fraction of sp³-hybridized carbons (Fsp3) is 0.412. The highest BCUT2D eigenvalue weighted by Gasteiger charge is 2.53. The molecule has 1 aromatic heterocycles. The van der Waals surface area contributed by atoms with Gasteiger partial charge in [0.15, 0.2) is 5.92 Å². The molecular formula is C17H18F3NO4. The van der Waals surface area contributed by atoms with Crippen LogP contribution in [0.15, 0.2) is 30.5 Å². The van der Waals surface area contributed by atoms with Crippen molar-refractivity contribution >= 4 is 22.8 Å². The molecule has 2 aromatic rings. The van der Waals surface area contributed by atoms with E-state index in [2.05, 4.69) is 4.98 Å². The smallest absolute Gasteiger partial charge is 0.397 e. The second kappa shape index (κ2) is 7.58. The number of carbonyl (C=O) groups is 2. The molecule has 0 fully saturated rings. The highest BCUT2D eigenvalue weighted by molar-refractivity contribution is 5.97. The summed E-state index contributed by atoms with van der Waals surface area (Å²) in [5.74, 6) is -7.01. The maximum Gasteiger partial charge on any atom is 0.397 e. The summed E-state index contributed by atoms with van der Waals surface area (Å²) in [5, 5.41) is 0.281. The molecule has 1 atom stereocenters. The quantitative estimate of drug-likeness (QED) is 0.634. The van der Waals surface area contributed by atoms with Gasteiger partial charge in [0.2, 0.25) is 0 Å². The number of hydrogen-bond acceptors (Lipinski definition) is 4. The second-order valence-electron chi connectivity index (χ2n) is 5.29. The van der Waals surface area contributed by atoms with Gasteiger partial charge in [-0.05, 0) is 25.5 Å². The molecule has 0 radical (unpaired) electrons. The summed E-state index contributed by atoms with van der Waals surface area (Å²) in [5.41, 5.74) is 0.271. The molecule has 0 bridgehead atoms. The molecule has 0 amide bonds. The number of H-pyrrole nitrogens is 1. The van der Waals surface area contributed by atoms with Crippen molar-refractivity contribution in [2.45, 2.75) is 25.9 Å². The van der Waals surface area contributed by atoms with E-state index in [-0.39, 0.29) is 24.2 Å². The zero-order chi connectivity index (χ0) is 18.6. The molecule has 136 valence electrons. The average molecular weight is 357 g/mol. The fourth-order valence-electron chi connectivity index (χ4n) is 2.73. The van der Waals surface area contributed by atoms with Gasteiger partial charge in [-0.15, -0.1) is 0 Å². The first-order valence-electron chi connectivity index (χ1n) is 7.77. The van der Waals surface area contributed by atoms with Gasteiger partial charge in [0.05, 0.1) is 13.2 Å². The summed E-state index contributed by atoms with van der Waals surface area (Å²) in [6.07, 6.45) is -3.69. The van der Waals surface area contributed by atoms with Crippen molar-refractivity contribution in [2.24, 2.45) is 5.92 Å². The van der Waals surface area contributed by atoms with Gasteiger partial charge in [-0.3, -0.25) is 9.59 Å². The van der Waals surface area contributed by atoms with Gasteiger partial charge in [-0.25, -0.2) is 0 Å². The van der Waals surface area contributed by atoms with Crippen LogP contribution in [-0.2, 0) is 19.1 Å². The summed E-state index contributed by atoms with van der Waals surface area (Å²) in [6.45, 7) is 2.61. The number of aromatic nitrogens is 1. The number of rotatable bonds is 6. The van der Waals surface area contributed by atoms with E-state index in [0.29, 0.717) is 5.52 Å². The second-order valence-corrected chi connectivity index (χ2v) is 5.29. The Bertz CT molecular complexity index is 736. The van der Waals surface area contributed by atoms with Crippen LogP contribution >= 0.6 is 0 Å². The van der Waals surface area contributed by atoms with Crippen LogP contribution in [0.25, 0.3) is 10.9 Å². The molecule has 0 aliphatic heterocycles. The van der Waals surface area contributed by atoms with Crippen LogP contribution < -0.4 is 0 Å². The number of esters is 2. The van der Waals surface area contributed by atoms with Gasteiger partial charge < -0.3 is 14.5 Å². The number of fused-ring (bicyclic) bond motifs is 1. The molecule has 1 N–H and O–H groups in total. The molecular weight excluding hydrogens is 339 g/mol. The van der Waals surface area contributed by atoms with Gasteiger partial charge in [0.25, 0.3) is 0 Å². The number of benzene rings is 1. The summed E-state index contributed by atoms with van der Waals surface area (Å²) in [4.78, 5) is 27.0. The van der Waals surface area contributed by atoms with E-state index in [9.17, 15) is 22.8 Å². The molecule has 25 heavy (non-hydrogen) atoms. The molecule has 0 aliphatic rings. The molecule has 1 aromatic carbocycles. The number of carbonyl (C=O) groups excluding carboxylic acids is 2. The summed E-state index contributed by atoms with van der Waals surface area (Å²) in [6, 6.07) is 6.35. The fourth-order valence-corrected chi connectivity index (χ4v) is 2.73. The van der Waals surface area contributed by atoms with Crippen molar-refractivity contribution in [3.05, 3.63) is 36.0 Å². The van der Waals surface area contributed by atoms with Gasteiger partial charge >= 0.3 is 18.1 Å². The molecule has 0 saturated heterocycles. The van der Waals surface area contributed by atoms with Crippen molar-refractivity contribution in [3.63, 3.8) is 0 Å². The Morgan fingerprint density at radius 2 is 1.64 bits per heavy atom. The van der Waals surface area contributed by atoms with Crippen LogP contribution in [0.2, 0.25) is 0 Å². The highest BCUT2D eigenvalue weighted by Crippen LogP contribution is 2.44. The lowest BCUT2D eigenvalue weighted by Gasteiger charge is -2.26. The number of aromatic amines is 1. The first-order chi connectivity index (χ1) is 11.8. The lowest BCUT2D eigenvalue weighted by atomic mass is 9.85. The molecule has 0 aliphatic carbocycles. The Hall–Kier alpha value is -2.51. The zero-order valence-electron chi connectivity index (χ0n) is 13.7. The topological polar surface area (TPSA) is 68.4 Å². The van der Waals surface area contributed by atoms with E-state index in [0.717, 1.165) is 6.20 Å². The van der Waals surface area contributed by atoms with Crippen LogP contribution in [0.1, 0.15) is 25.3 Å². The number of alkyl halides is 3. The van der Waals surface area contributed by atoms with Crippen molar-refractivity contribution < 1.29 is 32.2 Å². The maximum absolute atomic E-state index is 13.8. The van der Waals surface area contributed by atoms with Crippen molar-refractivity contribution in [3.8, 4) is 0 Å². The van der Waals surface area contributed by atoms with Crippen molar-refractivity contribution in [2.75, 3.05) is 13.2 Å². The van der Waals surface area contributed by atoms with E-state index in [4.69, 9.17) is 9.47 Å². The third kappa shape index (κ3) is 3.94. The SMILES string of the molecule is CCOC(=O)C(C(=O)OCC)[C@@H](c1c[nH]c2ccccc12)C(F)(F)F. The van der Waals surface area contributed by atoms with E-state index in [1.54, 1.807) is 18.2 Å². The van der Waals surface area contributed by atoms with Gasteiger partial charge in [0, 0.05) is 17.1 Å². The lowest BCUT2D eigenvalue weighted by Crippen LogP contribution is -2.40. The first-order valence-corrected chi connectivity index (χ1v) is 7.77.